The number of methoxy groups -OCH3 is 1. The molecular weight excluding hydrogens is 496 g/mol. The minimum Gasteiger partial charge on any atom is -0.467 e. The third-order valence-electron chi connectivity index (χ3n) is 6.64. The number of hydrogen-bond acceptors (Lipinski definition) is 6. The Morgan fingerprint density at radius 3 is 1.59 bits per heavy atom. The number of carbonyl (C=O) groups is 4. The maximum absolute atomic E-state index is 12.5. The maximum Gasteiger partial charge on any atom is 0.328 e. The molecule has 0 fully saturated rings. The van der Waals surface area contributed by atoms with Crippen molar-refractivity contribution in [2.75, 3.05) is 7.11 Å². The van der Waals surface area contributed by atoms with Crippen LogP contribution in [0.25, 0.3) is 0 Å². The smallest absolute Gasteiger partial charge is 0.328 e. The molecule has 8 nitrogen and oxygen atoms in total. The molecule has 0 spiro atoms. The van der Waals surface area contributed by atoms with E-state index >= 15 is 0 Å². The molecule has 8 heteroatoms. The second kappa shape index (κ2) is 22.7. The molecule has 0 aromatic rings. The largest absolute Gasteiger partial charge is 0.467 e. The van der Waals surface area contributed by atoms with E-state index < -0.39 is 35.5 Å². The lowest BCUT2D eigenvalue weighted by atomic mass is 10.0. The number of unbranched alkanes of at least 4 members (excludes halogenated alkanes) is 14. The zero-order valence-electron chi connectivity index (χ0n) is 25.8. The van der Waals surface area contributed by atoms with Crippen molar-refractivity contribution in [1.82, 2.24) is 10.6 Å². The van der Waals surface area contributed by atoms with E-state index in [-0.39, 0.29) is 18.7 Å². The summed E-state index contributed by atoms with van der Waals surface area (Å²) in [5.74, 6) is -1.80. The van der Waals surface area contributed by atoms with E-state index in [2.05, 4.69) is 17.6 Å². The van der Waals surface area contributed by atoms with Crippen LogP contribution in [0, 0.1) is 0 Å². The highest BCUT2D eigenvalue weighted by atomic mass is 16.6. The summed E-state index contributed by atoms with van der Waals surface area (Å²) in [4.78, 5) is 48.9. The van der Waals surface area contributed by atoms with Crippen LogP contribution in [0.3, 0.4) is 0 Å². The molecule has 0 aliphatic rings. The van der Waals surface area contributed by atoms with Gasteiger partial charge in [-0.15, -0.1) is 0 Å². The summed E-state index contributed by atoms with van der Waals surface area (Å²) in [6.07, 6.45) is 19.3. The average molecular weight is 555 g/mol. The summed E-state index contributed by atoms with van der Waals surface area (Å²) in [6, 6.07) is -1.80. The Morgan fingerprint density at radius 2 is 1.15 bits per heavy atom. The monoisotopic (exact) mass is 554 g/mol. The van der Waals surface area contributed by atoms with E-state index in [1.165, 1.54) is 84.2 Å². The van der Waals surface area contributed by atoms with Gasteiger partial charge in [0.15, 0.2) is 0 Å². The summed E-state index contributed by atoms with van der Waals surface area (Å²) in [5, 5.41) is 5.27. The van der Waals surface area contributed by atoms with Crippen LogP contribution in [0.2, 0.25) is 0 Å². The van der Waals surface area contributed by atoms with Gasteiger partial charge in [0, 0.05) is 12.8 Å². The number of amides is 2. The summed E-state index contributed by atoms with van der Waals surface area (Å²) in [6.45, 7) is 9.10. The highest BCUT2D eigenvalue weighted by Gasteiger charge is 2.26. The number of esters is 2. The molecule has 0 unspecified atom stereocenters. The fourth-order valence-electron chi connectivity index (χ4n) is 4.38. The van der Waals surface area contributed by atoms with Gasteiger partial charge in [0.05, 0.1) is 7.11 Å². The molecule has 0 aromatic carbocycles. The fraction of sp³-hybridized carbons (Fsp3) is 0.871. The standard InChI is InChI=1S/C31H58N2O6/c1-7-8-9-10-11-12-13-14-15-16-17-18-19-20-21-22-27(34)32-25(2)29(36)33-26(30(37)38-6)23-24-28(35)39-31(3,4)5/h25-26H,7-24H2,1-6H3,(H,32,34)(H,33,36)/t25-,26-/m1/s1. The molecule has 2 amide bonds. The molecule has 39 heavy (non-hydrogen) atoms. The third kappa shape index (κ3) is 22.4. The SMILES string of the molecule is CCCCCCCCCCCCCCCCCC(=O)N[C@H](C)C(=O)N[C@H](CCC(=O)OC(C)(C)C)C(=O)OC. The Morgan fingerprint density at radius 1 is 0.692 bits per heavy atom. The van der Waals surface area contributed by atoms with E-state index in [4.69, 9.17) is 9.47 Å². The minimum absolute atomic E-state index is 0.0444. The number of nitrogens with one attached hydrogen (secondary N) is 2. The predicted molar refractivity (Wildman–Crippen MR) is 156 cm³/mol. The van der Waals surface area contributed by atoms with E-state index in [0.29, 0.717) is 6.42 Å². The van der Waals surface area contributed by atoms with Gasteiger partial charge < -0.3 is 20.1 Å². The van der Waals surface area contributed by atoms with Gasteiger partial charge in [-0.2, -0.15) is 0 Å². The first-order valence-electron chi connectivity index (χ1n) is 15.4. The van der Waals surface area contributed by atoms with Crippen LogP contribution < -0.4 is 10.6 Å². The molecule has 2 N–H and O–H groups in total. The van der Waals surface area contributed by atoms with E-state index in [1.54, 1.807) is 27.7 Å². The molecule has 0 saturated heterocycles. The second-order valence-electron chi connectivity index (χ2n) is 11.7. The quantitative estimate of drug-likeness (QED) is 0.110. The van der Waals surface area contributed by atoms with Crippen molar-refractivity contribution < 1.29 is 28.7 Å². The maximum atomic E-state index is 12.5. The Balaban J connectivity index is 3.99. The highest BCUT2D eigenvalue weighted by Crippen LogP contribution is 2.14. The molecule has 0 rings (SSSR count). The molecule has 0 radical (unpaired) electrons. The first-order valence-corrected chi connectivity index (χ1v) is 15.4. The molecule has 0 heterocycles. The normalized spacial score (nSPS) is 12.9. The molecular formula is C31H58N2O6. The van der Waals surface area contributed by atoms with Crippen LogP contribution in [0.1, 0.15) is 150 Å². The Labute approximate surface area is 238 Å². The van der Waals surface area contributed by atoms with E-state index in [9.17, 15) is 19.2 Å². The molecule has 0 aliphatic heterocycles. The number of hydrogen-bond donors (Lipinski definition) is 2. The van der Waals surface area contributed by atoms with Crippen molar-refractivity contribution in [3.8, 4) is 0 Å². The summed E-state index contributed by atoms with van der Waals surface area (Å²) >= 11 is 0. The zero-order chi connectivity index (χ0) is 29.5. The van der Waals surface area contributed by atoms with Gasteiger partial charge in [-0.1, -0.05) is 96.8 Å². The van der Waals surface area contributed by atoms with Crippen molar-refractivity contribution in [3.63, 3.8) is 0 Å². The number of carbonyl (C=O) groups excluding carboxylic acids is 4. The Kier molecular flexibility index (Phi) is 21.4. The van der Waals surface area contributed by atoms with E-state index in [1.807, 2.05) is 0 Å². The van der Waals surface area contributed by atoms with Crippen LogP contribution in [0.5, 0.6) is 0 Å². The third-order valence-corrected chi connectivity index (χ3v) is 6.64. The highest BCUT2D eigenvalue weighted by molar-refractivity contribution is 5.90. The van der Waals surface area contributed by atoms with E-state index in [0.717, 1.165) is 19.3 Å². The van der Waals surface area contributed by atoms with Gasteiger partial charge >= 0.3 is 11.9 Å². The van der Waals surface area contributed by atoms with Crippen molar-refractivity contribution >= 4 is 23.8 Å². The van der Waals surface area contributed by atoms with Crippen molar-refractivity contribution in [3.05, 3.63) is 0 Å². The molecule has 0 aliphatic carbocycles. The van der Waals surface area contributed by atoms with Crippen LogP contribution in [0.15, 0.2) is 0 Å². The lowest BCUT2D eigenvalue weighted by Crippen LogP contribution is -2.50. The van der Waals surface area contributed by atoms with Gasteiger partial charge in [0.1, 0.15) is 17.7 Å². The zero-order valence-corrected chi connectivity index (χ0v) is 25.8. The van der Waals surface area contributed by atoms with Crippen LogP contribution >= 0.6 is 0 Å². The lowest BCUT2D eigenvalue weighted by Gasteiger charge is -2.22. The molecule has 0 aromatic heterocycles. The fourth-order valence-corrected chi connectivity index (χ4v) is 4.38. The van der Waals surface area contributed by atoms with Gasteiger partial charge in [-0.3, -0.25) is 14.4 Å². The number of ether oxygens (including phenoxy) is 2. The molecule has 0 saturated carbocycles. The Hall–Kier alpha value is -2.12. The summed E-state index contributed by atoms with van der Waals surface area (Å²) in [7, 11) is 1.22. The summed E-state index contributed by atoms with van der Waals surface area (Å²) < 4.78 is 10.0. The first-order chi connectivity index (χ1) is 18.5. The van der Waals surface area contributed by atoms with Crippen molar-refractivity contribution in [2.45, 2.75) is 168 Å². The first kappa shape index (κ1) is 36.9. The van der Waals surface area contributed by atoms with Crippen LogP contribution in [0.4, 0.5) is 0 Å². The van der Waals surface area contributed by atoms with Gasteiger partial charge in [-0.25, -0.2) is 4.79 Å². The molecule has 2 atom stereocenters. The topological polar surface area (TPSA) is 111 Å². The van der Waals surface area contributed by atoms with Crippen LogP contribution in [-0.2, 0) is 28.7 Å². The average Bonchev–Trinajstić information content (AvgIpc) is 2.87. The predicted octanol–water partition coefficient (Wildman–Crippen LogP) is 6.53. The second-order valence-corrected chi connectivity index (χ2v) is 11.7. The molecule has 228 valence electrons. The van der Waals surface area contributed by atoms with Gasteiger partial charge in [0.2, 0.25) is 11.8 Å². The molecule has 0 bridgehead atoms. The van der Waals surface area contributed by atoms with Crippen molar-refractivity contribution in [2.24, 2.45) is 0 Å². The van der Waals surface area contributed by atoms with Gasteiger partial charge in [-0.05, 0) is 40.5 Å². The van der Waals surface area contributed by atoms with Crippen LogP contribution in [-0.4, -0.2) is 48.5 Å². The summed E-state index contributed by atoms with van der Waals surface area (Å²) in [5.41, 5.74) is -0.632. The Bertz CT molecular complexity index is 689. The number of rotatable bonds is 23. The lowest BCUT2D eigenvalue weighted by molar-refractivity contribution is -0.155. The minimum atomic E-state index is -0.995. The van der Waals surface area contributed by atoms with Gasteiger partial charge in [0.25, 0.3) is 0 Å². The van der Waals surface area contributed by atoms with Crippen molar-refractivity contribution in [1.29, 1.82) is 0 Å².